The van der Waals surface area contributed by atoms with E-state index in [1.54, 1.807) is 40.3 Å². The molecule has 10 nitrogen and oxygen atoms in total. The molecule has 1 aromatic heterocycles. The van der Waals surface area contributed by atoms with Crippen LogP contribution in [-0.4, -0.2) is 82.4 Å². The largest absolute Gasteiger partial charge is 0.444 e. The molecule has 3 aromatic rings. The van der Waals surface area contributed by atoms with Crippen LogP contribution in [0.4, 0.5) is 9.59 Å². The van der Waals surface area contributed by atoms with Crippen molar-refractivity contribution < 1.29 is 19.1 Å². The zero-order valence-electron chi connectivity index (χ0n) is 26.1. The molecule has 4 amide bonds. The van der Waals surface area contributed by atoms with E-state index in [9.17, 15) is 14.4 Å². The molecule has 2 N–H and O–H groups in total. The van der Waals surface area contributed by atoms with E-state index in [1.165, 1.54) is 11.3 Å². The number of aromatic nitrogens is 1. The van der Waals surface area contributed by atoms with Gasteiger partial charge in [-0.2, -0.15) is 0 Å². The van der Waals surface area contributed by atoms with E-state index >= 15 is 0 Å². The van der Waals surface area contributed by atoms with E-state index in [2.05, 4.69) is 29.5 Å². The average molecular weight is 651 g/mol. The number of amides is 4. The molecule has 2 heterocycles. The fourth-order valence-electron chi connectivity index (χ4n) is 4.83. The molecule has 45 heavy (non-hydrogen) atoms. The molecule has 4 rings (SSSR count). The fraction of sp³-hybridized carbons (Fsp3) is 0.424. The average Bonchev–Trinajstić information content (AvgIpc) is 3.74. The number of carbonyl (C=O) groups is 3. The van der Waals surface area contributed by atoms with Crippen LogP contribution in [0.15, 0.2) is 77.4 Å². The molecule has 240 valence electrons. The number of ether oxygens (including phenoxy) is 1. The first-order valence-electron chi connectivity index (χ1n) is 15.1. The highest BCUT2D eigenvalue weighted by molar-refractivity contribution is 8.14. The molecule has 0 fully saturated rings. The van der Waals surface area contributed by atoms with Crippen LogP contribution in [0.5, 0.6) is 0 Å². The van der Waals surface area contributed by atoms with Gasteiger partial charge in [-0.1, -0.05) is 74.5 Å². The summed E-state index contributed by atoms with van der Waals surface area (Å²) in [7, 11) is 1.72. The van der Waals surface area contributed by atoms with Crippen molar-refractivity contribution in [2.75, 3.05) is 32.4 Å². The molecule has 0 aliphatic carbocycles. The zero-order chi connectivity index (χ0) is 32.0. The van der Waals surface area contributed by atoms with Gasteiger partial charge in [0.1, 0.15) is 6.61 Å². The molecule has 1 unspecified atom stereocenters. The second-order valence-corrected chi connectivity index (χ2v) is 13.3. The standard InChI is InChI=1S/C33H42N6O4S2/c1-24(2)31-37-28(22-44-31)20-38(3)32(41)35-18-30(40)36-27(16-25-10-6-4-7-11-25)14-15-39(19-26-12-8-5-9-13-26)33(42)43-21-29-17-34-23-45-29/h4-13,17,23-24,27-28H,14-16,18-22H2,1-3H3,(H,35,41)(H,36,40)/t27-,28?/m1/s1. The van der Waals surface area contributed by atoms with Gasteiger partial charge in [0.25, 0.3) is 0 Å². The molecule has 2 aromatic carbocycles. The van der Waals surface area contributed by atoms with Crippen molar-refractivity contribution in [3.63, 3.8) is 0 Å². The van der Waals surface area contributed by atoms with Crippen LogP contribution in [0, 0.1) is 5.92 Å². The maximum absolute atomic E-state index is 13.2. The predicted octanol–water partition coefficient (Wildman–Crippen LogP) is 5.21. The second-order valence-electron chi connectivity index (χ2n) is 11.3. The summed E-state index contributed by atoms with van der Waals surface area (Å²) in [6, 6.07) is 19.1. The minimum absolute atomic E-state index is 0.0553. The first-order valence-corrected chi connectivity index (χ1v) is 17.0. The highest BCUT2D eigenvalue weighted by atomic mass is 32.2. The number of thioether (sulfide) groups is 1. The highest BCUT2D eigenvalue weighted by Gasteiger charge is 2.24. The smallest absolute Gasteiger partial charge is 0.410 e. The third-order valence-corrected chi connectivity index (χ3v) is 9.37. The van der Waals surface area contributed by atoms with Crippen LogP contribution >= 0.6 is 23.1 Å². The molecular formula is C33H42N6O4S2. The van der Waals surface area contributed by atoms with Crippen LogP contribution < -0.4 is 10.6 Å². The Hall–Kier alpha value is -3.90. The maximum atomic E-state index is 13.2. The third kappa shape index (κ3) is 11.5. The minimum Gasteiger partial charge on any atom is -0.444 e. The second kappa shape index (κ2) is 17.6. The lowest BCUT2D eigenvalue weighted by molar-refractivity contribution is -0.120. The van der Waals surface area contributed by atoms with Gasteiger partial charge in [-0.15, -0.1) is 23.1 Å². The molecule has 2 atom stereocenters. The van der Waals surface area contributed by atoms with E-state index in [4.69, 9.17) is 9.73 Å². The summed E-state index contributed by atoms with van der Waals surface area (Å²) in [5.74, 6) is 0.940. The first kappa shape index (κ1) is 34.0. The number of hydrogen-bond acceptors (Lipinski definition) is 8. The van der Waals surface area contributed by atoms with Crippen molar-refractivity contribution in [3.05, 3.63) is 88.4 Å². The van der Waals surface area contributed by atoms with Crippen LogP contribution in [0.3, 0.4) is 0 Å². The van der Waals surface area contributed by atoms with Crippen molar-refractivity contribution in [3.8, 4) is 0 Å². The molecule has 0 bridgehead atoms. The van der Waals surface area contributed by atoms with Gasteiger partial charge >= 0.3 is 12.1 Å². The van der Waals surface area contributed by atoms with Crippen molar-refractivity contribution in [2.45, 2.75) is 51.9 Å². The molecule has 0 spiro atoms. The zero-order valence-corrected chi connectivity index (χ0v) is 27.7. The van der Waals surface area contributed by atoms with Gasteiger partial charge < -0.3 is 25.2 Å². The Morgan fingerprint density at radius 2 is 1.76 bits per heavy atom. The topological polar surface area (TPSA) is 116 Å². The summed E-state index contributed by atoms with van der Waals surface area (Å²) in [6.07, 6.45) is 2.32. The van der Waals surface area contributed by atoms with Gasteiger partial charge in [0.05, 0.1) is 28.0 Å². The number of thiazole rings is 1. The third-order valence-electron chi connectivity index (χ3n) is 7.19. The summed E-state index contributed by atoms with van der Waals surface area (Å²) in [5, 5.41) is 6.94. The number of rotatable bonds is 15. The van der Waals surface area contributed by atoms with Crippen molar-refractivity contribution in [1.29, 1.82) is 0 Å². The summed E-state index contributed by atoms with van der Waals surface area (Å²) < 4.78 is 5.61. The number of nitrogens with zero attached hydrogens (tertiary/aromatic N) is 4. The van der Waals surface area contributed by atoms with Crippen LogP contribution in [0.1, 0.15) is 36.3 Å². The number of aliphatic imine (C=N–C) groups is 1. The number of hydrogen-bond donors (Lipinski definition) is 2. The SMILES string of the molecule is CC(C)C1=NC(CN(C)C(=O)NCC(=O)N[C@H](CCN(Cc2ccccc2)C(=O)OCc2cncs2)Cc2ccccc2)CS1. The lowest BCUT2D eigenvalue weighted by atomic mass is 10.0. The number of urea groups is 1. The van der Waals surface area contributed by atoms with E-state index in [-0.39, 0.29) is 37.2 Å². The molecule has 0 radical (unpaired) electrons. The van der Waals surface area contributed by atoms with E-state index in [1.807, 2.05) is 60.7 Å². The number of benzene rings is 2. The Bertz CT molecular complexity index is 1390. The van der Waals surface area contributed by atoms with Crippen LogP contribution in [0.2, 0.25) is 0 Å². The Kier molecular flexibility index (Phi) is 13.3. The van der Waals surface area contributed by atoms with Crippen molar-refractivity contribution >= 4 is 46.2 Å². The highest BCUT2D eigenvalue weighted by Crippen LogP contribution is 2.23. The monoisotopic (exact) mass is 650 g/mol. The van der Waals surface area contributed by atoms with Gasteiger partial charge in [0.2, 0.25) is 5.91 Å². The number of likely N-dealkylation sites (N-methyl/N-ethyl adjacent to an activating group) is 1. The Labute approximate surface area is 273 Å². The van der Waals surface area contributed by atoms with Gasteiger partial charge in [-0.3, -0.25) is 14.8 Å². The number of carbonyl (C=O) groups excluding carboxylic acids is 3. The lowest BCUT2D eigenvalue weighted by Crippen LogP contribution is -2.47. The van der Waals surface area contributed by atoms with E-state index < -0.39 is 6.09 Å². The molecule has 0 saturated heterocycles. The molecular weight excluding hydrogens is 609 g/mol. The molecule has 1 aliphatic heterocycles. The molecule has 12 heteroatoms. The maximum Gasteiger partial charge on any atom is 0.410 e. The van der Waals surface area contributed by atoms with Gasteiger partial charge in [-0.05, 0) is 24.0 Å². The molecule has 0 saturated carbocycles. The predicted molar refractivity (Wildman–Crippen MR) is 180 cm³/mol. The summed E-state index contributed by atoms with van der Waals surface area (Å²) >= 11 is 3.17. The van der Waals surface area contributed by atoms with Crippen LogP contribution in [-0.2, 0) is 29.1 Å². The normalized spacial score (nSPS) is 14.8. The van der Waals surface area contributed by atoms with Gasteiger partial charge in [0.15, 0.2) is 0 Å². The minimum atomic E-state index is -0.433. The summed E-state index contributed by atoms with van der Waals surface area (Å²) in [5.41, 5.74) is 3.74. The Balaban J connectivity index is 1.34. The quantitative estimate of drug-likeness (QED) is 0.233. The first-order chi connectivity index (χ1) is 21.8. The number of nitrogens with one attached hydrogen (secondary N) is 2. The summed E-state index contributed by atoms with van der Waals surface area (Å²) in [6.45, 7) is 5.46. The van der Waals surface area contributed by atoms with Crippen molar-refractivity contribution in [2.24, 2.45) is 10.9 Å². The van der Waals surface area contributed by atoms with Gasteiger partial charge in [0, 0.05) is 50.6 Å². The van der Waals surface area contributed by atoms with E-state index in [0.29, 0.717) is 38.4 Å². The Morgan fingerprint density at radius 1 is 1.04 bits per heavy atom. The fourth-order valence-corrected chi connectivity index (χ4v) is 6.43. The van der Waals surface area contributed by atoms with Crippen molar-refractivity contribution in [1.82, 2.24) is 25.4 Å². The lowest BCUT2D eigenvalue weighted by Gasteiger charge is -2.26. The Morgan fingerprint density at radius 3 is 2.40 bits per heavy atom. The molecule has 1 aliphatic rings. The van der Waals surface area contributed by atoms with Crippen LogP contribution in [0.25, 0.3) is 0 Å². The van der Waals surface area contributed by atoms with Gasteiger partial charge in [-0.25, -0.2) is 9.59 Å². The van der Waals surface area contributed by atoms with E-state index in [0.717, 1.165) is 26.8 Å². The summed E-state index contributed by atoms with van der Waals surface area (Å²) in [4.78, 5) is 51.9.